The predicted octanol–water partition coefficient (Wildman–Crippen LogP) is 3.84. The van der Waals surface area contributed by atoms with Gasteiger partial charge < -0.3 is 4.98 Å². The third-order valence-corrected chi connectivity index (χ3v) is 3.02. The molecule has 0 atom stereocenters. The Morgan fingerprint density at radius 1 is 1.32 bits per heavy atom. The van der Waals surface area contributed by atoms with Gasteiger partial charge in [0.05, 0.1) is 0 Å². The van der Waals surface area contributed by atoms with E-state index in [1.807, 2.05) is 30.5 Å². The van der Waals surface area contributed by atoms with Crippen LogP contribution in [0.3, 0.4) is 0 Å². The molecule has 2 heterocycles. The molecule has 0 spiro atoms. The van der Waals surface area contributed by atoms with Gasteiger partial charge in [-0.1, -0.05) is 18.7 Å². The zero-order chi connectivity index (χ0) is 17.7. The van der Waals surface area contributed by atoms with Crippen molar-refractivity contribution in [1.82, 2.24) is 14.8 Å². The van der Waals surface area contributed by atoms with Crippen molar-refractivity contribution in [2.24, 2.45) is 0 Å². The fraction of sp³-hybridized carbons (Fsp3) is 0.176. The summed E-state index contributed by atoms with van der Waals surface area (Å²) in [6.07, 6.45) is -0.0983. The molecular weight excluding hydrogens is 511 g/mol. The van der Waals surface area contributed by atoms with Crippen molar-refractivity contribution in [3.63, 3.8) is 0 Å². The molecule has 0 amide bonds. The molecule has 3 aromatic rings. The molecular formula is C17H14F3IrN3O-2. The van der Waals surface area contributed by atoms with E-state index in [2.05, 4.69) is 23.1 Å². The molecule has 0 N–H and O–H groups in total. The number of hydrogen-bond donors (Lipinski definition) is 0. The van der Waals surface area contributed by atoms with Gasteiger partial charge in [-0.15, -0.1) is 6.07 Å². The van der Waals surface area contributed by atoms with Crippen molar-refractivity contribution < 1.29 is 38.1 Å². The number of carbonyl (C=O) groups is 1. The number of aryl methyl sites for hydroxylation is 1. The van der Waals surface area contributed by atoms with Crippen LogP contribution in [0.1, 0.15) is 28.5 Å². The summed E-state index contributed by atoms with van der Waals surface area (Å²) >= 11 is 0. The Hall–Kier alpha value is -2.18. The van der Waals surface area contributed by atoms with E-state index in [1.165, 1.54) is 12.5 Å². The van der Waals surface area contributed by atoms with Crippen molar-refractivity contribution >= 4 is 5.78 Å². The Bertz CT molecular complexity index is 811. The van der Waals surface area contributed by atoms with Crippen LogP contribution in [0.25, 0.3) is 5.69 Å². The minimum atomic E-state index is -4.42. The van der Waals surface area contributed by atoms with Crippen LogP contribution in [0.5, 0.6) is 0 Å². The van der Waals surface area contributed by atoms with E-state index in [0.29, 0.717) is 6.20 Å². The summed E-state index contributed by atoms with van der Waals surface area (Å²) in [6.45, 7) is 3.23. The van der Waals surface area contributed by atoms with Gasteiger partial charge in [0.1, 0.15) is 5.78 Å². The molecule has 0 bridgehead atoms. The Kier molecular flexibility index (Phi) is 7.33. The van der Waals surface area contributed by atoms with Crippen molar-refractivity contribution in [2.75, 3.05) is 0 Å². The van der Waals surface area contributed by atoms with Gasteiger partial charge in [-0.3, -0.25) is 9.48 Å². The molecule has 0 aliphatic heterocycles. The molecule has 135 valence electrons. The van der Waals surface area contributed by atoms with Crippen LogP contribution in [0, 0.1) is 13.0 Å². The maximum Gasteiger partial charge on any atom is 0.414 e. The van der Waals surface area contributed by atoms with Crippen molar-refractivity contribution in [2.45, 2.75) is 20.0 Å². The van der Waals surface area contributed by atoms with E-state index in [4.69, 9.17) is 0 Å². The second-order valence-corrected chi connectivity index (χ2v) is 5.00. The number of rotatable bonds is 2. The summed E-state index contributed by atoms with van der Waals surface area (Å²) < 4.78 is 37.5. The normalized spacial score (nSPS) is 10.4. The summed E-state index contributed by atoms with van der Waals surface area (Å²) in [4.78, 5) is 13.9. The van der Waals surface area contributed by atoms with Crippen LogP contribution in [-0.4, -0.2) is 15.6 Å². The number of carbonyl (C=O) groups excluding carboxylic acids is 1. The molecule has 1 radical (unpaired) electrons. The van der Waals surface area contributed by atoms with Gasteiger partial charge in [-0.05, 0) is 18.7 Å². The first-order valence-electron chi connectivity index (χ1n) is 6.96. The minimum absolute atomic E-state index is 0. The van der Waals surface area contributed by atoms with Crippen LogP contribution in [0.2, 0.25) is 0 Å². The van der Waals surface area contributed by atoms with Crippen LogP contribution in [0.4, 0.5) is 13.2 Å². The molecule has 0 saturated carbocycles. The molecule has 0 unspecified atom stereocenters. The monoisotopic (exact) mass is 526 g/mol. The zero-order valence-corrected chi connectivity index (χ0v) is 15.7. The summed E-state index contributed by atoms with van der Waals surface area (Å²) in [5.41, 5.74) is 1.18. The van der Waals surface area contributed by atoms with Gasteiger partial charge in [0.25, 0.3) is 0 Å². The van der Waals surface area contributed by atoms with Crippen LogP contribution < -0.4 is 4.98 Å². The van der Waals surface area contributed by atoms with Gasteiger partial charge in [0.2, 0.25) is 0 Å². The quantitative estimate of drug-likeness (QED) is 0.378. The van der Waals surface area contributed by atoms with Gasteiger partial charge in [-0.25, -0.2) is 0 Å². The summed E-state index contributed by atoms with van der Waals surface area (Å²) in [5.74, 6) is -0.467. The predicted molar refractivity (Wildman–Crippen MR) is 81.9 cm³/mol. The van der Waals surface area contributed by atoms with E-state index in [-0.39, 0.29) is 25.8 Å². The average molecular weight is 526 g/mol. The molecule has 1 aromatic carbocycles. The Balaban J connectivity index is 0.000000240. The topological polar surface area (TPSA) is 49.0 Å². The van der Waals surface area contributed by atoms with Crippen molar-refractivity contribution in [3.05, 3.63) is 71.8 Å². The van der Waals surface area contributed by atoms with Gasteiger partial charge in [0, 0.05) is 38.1 Å². The Morgan fingerprint density at radius 3 is 2.48 bits per heavy atom. The average Bonchev–Trinajstić information content (AvgIpc) is 3.19. The minimum Gasteiger partial charge on any atom is -0.661 e. The Morgan fingerprint density at radius 2 is 2.04 bits per heavy atom. The number of Topliss-reactive ketones (excluding diaryl/α,β-unsaturated/α-hetero) is 1. The smallest absolute Gasteiger partial charge is 0.414 e. The molecule has 25 heavy (non-hydrogen) atoms. The first-order chi connectivity index (χ1) is 11.3. The number of alkyl halides is 3. The molecule has 4 nitrogen and oxygen atoms in total. The number of halogens is 3. The molecule has 2 aromatic heterocycles. The number of nitrogens with zero attached hydrogens (tertiary/aromatic N) is 3. The molecule has 0 saturated heterocycles. The molecule has 3 rings (SSSR count). The second-order valence-electron chi connectivity index (χ2n) is 5.00. The van der Waals surface area contributed by atoms with Gasteiger partial charge >= 0.3 is 6.18 Å². The molecule has 0 aliphatic rings. The van der Waals surface area contributed by atoms with Gasteiger partial charge in [0.15, 0.2) is 0 Å². The molecule has 0 fully saturated rings. The molecule has 0 aliphatic carbocycles. The van der Waals surface area contributed by atoms with Crippen molar-refractivity contribution in [3.8, 4) is 5.69 Å². The van der Waals surface area contributed by atoms with Gasteiger partial charge in [-0.2, -0.15) is 48.2 Å². The largest absolute Gasteiger partial charge is 0.661 e. The number of aromatic nitrogens is 3. The van der Waals surface area contributed by atoms with E-state index in [1.54, 1.807) is 10.9 Å². The number of ketones is 1. The maximum absolute atomic E-state index is 11.9. The SMILES string of the molecule is CC(=O)c1cc(C(F)(F)F)c[n-]1.Cc1cc[c-]c(-n2cccn2)c1.[Ir]. The second kappa shape index (κ2) is 8.78. The Labute approximate surface area is 156 Å². The number of benzene rings is 1. The number of hydrogen-bond acceptors (Lipinski definition) is 2. The third kappa shape index (κ3) is 5.99. The van der Waals surface area contributed by atoms with E-state index >= 15 is 0 Å². The van der Waals surface area contributed by atoms with Crippen LogP contribution in [-0.2, 0) is 26.3 Å². The van der Waals surface area contributed by atoms with E-state index in [9.17, 15) is 18.0 Å². The third-order valence-electron chi connectivity index (χ3n) is 3.02. The summed E-state index contributed by atoms with van der Waals surface area (Å²) in [5, 5.41) is 4.11. The van der Waals surface area contributed by atoms with Crippen LogP contribution >= 0.6 is 0 Å². The standard InChI is InChI=1S/C10H9N2.C7H6F3NO.Ir/c1-9-4-2-5-10(8-9)12-7-3-6-11-12;1-4(12)6-2-5(3-11-6)7(8,9)10;/h2-4,6-8H,1H3;2-3H,1H3,(H,11,12);/q-1;;/p-1. The summed E-state index contributed by atoms with van der Waals surface area (Å²) in [7, 11) is 0. The fourth-order valence-corrected chi connectivity index (χ4v) is 1.82. The summed E-state index contributed by atoms with van der Waals surface area (Å²) in [6, 6.07) is 11.7. The molecule has 8 heteroatoms. The maximum atomic E-state index is 11.9. The van der Waals surface area contributed by atoms with E-state index in [0.717, 1.165) is 11.8 Å². The van der Waals surface area contributed by atoms with Crippen molar-refractivity contribution in [1.29, 1.82) is 0 Å². The van der Waals surface area contributed by atoms with E-state index < -0.39 is 17.5 Å². The zero-order valence-electron chi connectivity index (χ0n) is 13.3. The first-order valence-corrected chi connectivity index (χ1v) is 6.96. The fourth-order valence-electron chi connectivity index (χ4n) is 1.82. The van der Waals surface area contributed by atoms with Crippen LogP contribution in [0.15, 0.2) is 48.9 Å². The first kappa shape index (κ1) is 20.9.